The number of carbonyl (C=O) groups excluding carboxylic acids is 1. The van der Waals surface area contributed by atoms with Gasteiger partial charge in [0.1, 0.15) is 11.6 Å². The van der Waals surface area contributed by atoms with Crippen molar-refractivity contribution in [2.75, 3.05) is 31.1 Å². The zero-order valence-corrected chi connectivity index (χ0v) is 16.8. The van der Waals surface area contributed by atoms with Crippen molar-refractivity contribution in [3.63, 3.8) is 0 Å². The number of carbonyl (C=O) groups is 1. The van der Waals surface area contributed by atoms with Gasteiger partial charge in [0.2, 0.25) is 0 Å². The molecule has 2 aromatic heterocycles. The van der Waals surface area contributed by atoms with E-state index >= 15 is 0 Å². The lowest BCUT2D eigenvalue weighted by atomic mass is 10.2. The summed E-state index contributed by atoms with van der Waals surface area (Å²) in [6, 6.07) is 6.19. The van der Waals surface area contributed by atoms with E-state index < -0.39 is 0 Å². The first kappa shape index (κ1) is 18.6. The summed E-state index contributed by atoms with van der Waals surface area (Å²) >= 11 is 1.72. The first-order valence-electron chi connectivity index (χ1n) is 9.11. The van der Waals surface area contributed by atoms with Gasteiger partial charge in [0, 0.05) is 53.6 Å². The maximum atomic E-state index is 12.4. The van der Waals surface area contributed by atoms with E-state index in [2.05, 4.69) is 48.1 Å². The third kappa shape index (κ3) is 4.52. The zero-order chi connectivity index (χ0) is 18.7. The quantitative estimate of drug-likeness (QED) is 0.893. The highest BCUT2D eigenvalue weighted by Gasteiger charge is 2.22. The number of anilines is 1. The van der Waals surface area contributed by atoms with E-state index in [1.54, 1.807) is 11.3 Å². The Morgan fingerprint density at radius 3 is 2.54 bits per heavy atom. The van der Waals surface area contributed by atoms with Crippen LogP contribution in [0, 0.1) is 13.8 Å². The van der Waals surface area contributed by atoms with Gasteiger partial charge in [0.15, 0.2) is 0 Å². The number of nitrogens with one attached hydrogen (secondary N) is 1. The monoisotopic (exact) mass is 373 g/mol. The number of piperazine rings is 1. The first-order valence-corrected chi connectivity index (χ1v) is 9.92. The molecule has 0 bridgehead atoms. The summed E-state index contributed by atoms with van der Waals surface area (Å²) in [5.74, 6) is 2.16. The number of hydrogen-bond donors (Lipinski definition) is 1. The number of aryl methyl sites for hydroxylation is 2. The van der Waals surface area contributed by atoms with Gasteiger partial charge in [-0.1, -0.05) is 13.8 Å². The Hall–Kier alpha value is -2.15. The Kier molecular flexibility index (Phi) is 5.76. The van der Waals surface area contributed by atoms with Gasteiger partial charge in [-0.3, -0.25) is 0 Å². The summed E-state index contributed by atoms with van der Waals surface area (Å²) in [7, 11) is 0. The normalized spacial score (nSPS) is 14.8. The predicted octanol–water partition coefficient (Wildman–Crippen LogP) is 3.31. The molecule has 1 aliphatic heterocycles. The molecule has 26 heavy (non-hydrogen) atoms. The van der Waals surface area contributed by atoms with Crippen LogP contribution in [0.15, 0.2) is 18.2 Å². The molecule has 0 aliphatic carbocycles. The number of hydrogen-bond acceptors (Lipinski definition) is 5. The van der Waals surface area contributed by atoms with Gasteiger partial charge >= 0.3 is 6.03 Å². The molecule has 1 fully saturated rings. The van der Waals surface area contributed by atoms with Crippen LogP contribution in [0.1, 0.15) is 41.0 Å². The summed E-state index contributed by atoms with van der Waals surface area (Å²) in [6.07, 6.45) is 0. The summed E-state index contributed by atoms with van der Waals surface area (Å²) in [5.41, 5.74) is 0.991. The number of thiophene rings is 1. The highest BCUT2D eigenvalue weighted by molar-refractivity contribution is 7.11. The maximum absolute atomic E-state index is 12.4. The van der Waals surface area contributed by atoms with E-state index in [1.807, 2.05) is 17.9 Å². The summed E-state index contributed by atoms with van der Waals surface area (Å²) in [6.45, 7) is 11.9. The third-order valence-corrected chi connectivity index (χ3v) is 5.48. The minimum Gasteiger partial charge on any atom is -0.353 e. The molecule has 0 aromatic carbocycles. The highest BCUT2D eigenvalue weighted by Crippen LogP contribution is 2.19. The molecule has 2 aromatic rings. The van der Waals surface area contributed by atoms with Crippen molar-refractivity contribution in [3.05, 3.63) is 39.5 Å². The second-order valence-corrected chi connectivity index (χ2v) is 8.40. The van der Waals surface area contributed by atoms with Crippen molar-refractivity contribution in [1.82, 2.24) is 20.2 Å². The van der Waals surface area contributed by atoms with E-state index in [0.29, 0.717) is 25.6 Å². The Morgan fingerprint density at radius 1 is 1.19 bits per heavy atom. The van der Waals surface area contributed by atoms with Crippen LogP contribution in [-0.2, 0) is 6.54 Å². The molecule has 0 radical (unpaired) electrons. The number of amides is 2. The molecule has 0 unspecified atom stereocenters. The lowest BCUT2D eigenvalue weighted by molar-refractivity contribution is 0.194. The smallest absolute Gasteiger partial charge is 0.317 e. The molecular formula is C19H27N5OS. The predicted molar refractivity (Wildman–Crippen MR) is 106 cm³/mol. The van der Waals surface area contributed by atoms with E-state index in [4.69, 9.17) is 4.98 Å². The fourth-order valence-corrected chi connectivity index (χ4v) is 3.82. The van der Waals surface area contributed by atoms with Crippen molar-refractivity contribution in [3.8, 4) is 0 Å². The van der Waals surface area contributed by atoms with E-state index in [1.165, 1.54) is 9.75 Å². The SMILES string of the molecule is Cc1cc(N2CCN(C(=O)NCc3ccc(C)s3)CC2)nc(C(C)C)n1. The second kappa shape index (κ2) is 8.03. The molecule has 3 rings (SSSR count). The molecule has 1 N–H and O–H groups in total. The molecule has 0 spiro atoms. The van der Waals surface area contributed by atoms with E-state index in [9.17, 15) is 4.79 Å². The topological polar surface area (TPSA) is 61.4 Å². The van der Waals surface area contributed by atoms with Crippen LogP contribution < -0.4 is 10.2 Å². The average molecular weight is 374 g/mol. The Bertz CT molecular complexity index is 765. The fraction of sp³-hybridized carbons (Fsp3) is 0.526. The van der Waals surface area contributed by atoms with Crippen molar-refractivity contribution < 1.29 is 4.79 Å². The minimum absolute atomic E-state index is 0.0115. The van der Waals surface area contributed by atoms with Gasteiger partial charge in [-0.15, -0.1) is 11.3 Å². The van der Waals surface area contributed by atoms with Gasteiger partial charge in [-0.2, -0.15) is 0 Å². The maximum Gasteiger partial charge on any atom is 0.317 e. The van der Waals surface area contributed by atoms with Crippen LogP contribution in [0.2, 0.25) is 0 Å². The standard InChI is InChI=1S/C19H27N5OS/c1-13(2)18-21-14(3)11-17(22-18)23-7-9-24(10-8-23)19(25)20-12-16-6-5-15(4)26-16/h5-6,11,13H,7-10,12H2,1-4H3,(H,20,25). The van der Waals surface area contributed by atoms with Crippen molar-refractivity contribution in [1.29, 1.82) is 0 Å². The largest absolute Gasteiger partial charge is 0.353 e. The summed E-state index contributed by atoms with van der Waals surface area (Å²) in [4.78, 5) is 28.2. The number of aromatic nitrogens is 2. The van der Waals surface area contributed by atoms with Crippen LogP contribution in [0.5, 0.6) is 0 Å². The van der Waals surface area contributed by atoms with Crippen LogP contribution in [0.25, 0.3) is 0 Å². The first-order chi connectivity index (χ1) is 12.4. The number of nitrogens with zero attached hydrogens (tertiary/aromatic N) is 4. The Balaban J connectivity index is 1.54. The third-order valence-electron chi connectivity index (χ3n) is 4.48. The van der Waals surface area contributed by atoms with Crippen LogP contribution in [0.3, 0.4) is 0 Å². The second-order valence-electron chi connectivity index (χ2n) is 7.03. The lowest BCUT2D eigenvalue weighted by Gasteiger charge is -2.35. The molecule has 1 aliphatic rings. The molecule has 6 nitrogen and oxygen atoms in total. The molecule has 140 valence electrons. The molecule has 0 atom stereocenters. The molecule has 1 saturated heterocycles. The van der Waals surface area contributed by atoms with Crippen LogP contribution in [0.4, 0.5) is 10.6 Å². The van der Waals surface area contributed by atoms with Gasteiger partial charge in [0.25, 0.3) is 0 Å². The fourth-order valence-electron chi connectivity index (χ4n) is 2.99. The number of urea groups is 1. The summed E-state index contributed by atoms with van der Waals surface area (Å²) in [5, 5.41) is 3.02. The Labute approximate surface area is 159 Å². The van der Waals surface area contributed by atoms with Crippen LogP contribution in [-0.4, -0.2) is 47.1 Å². The van der Waals surface area contributed by atoms with E-state index in [0.717, 1.165) is 30.4 Å². The summed E-state index contributed by atoms with van der Waals surface area (Å²) < 4.78 is 0. The van der Waals surface area contributed by atoms with Gasteiger partial charge < -0.3 is 15.1 Å². The Morgan fingerprint density at radius 2 is 1.92 bits per heavy atom. The highest BCUT2D eigenvalue weighted by atomic mass is 32.1. The lowest BCUT2D eigenvalue weighted by Crippen LogP contribution is -2.52. The minimum atomic E-state index is 0.0115. The number of rotatable bonds is 4. The molecule has 0 saturated carbocycles. The van der Waals surface area contributed by atoms with E-state index in [-0.39, 0.29) is 6.03 Å². The van der Waals surface area contributed by atoms with Gasteiger partial charge in [0.05, 0.1) is 6.54 Å². The zero-order valence-electron chi connectivity index (χ0n) is 16.0. The molecule has 7 heteroatoms. The average Bonchev–Trinajstić information content (AvgIpc) is 3.04. The molecule has 3 heterocycles. The van der Waals surface area contributed by atoms with Crippen LogP contribution >= 0.6 is 11.3 Å². The van der Waals surface area contributed by atoms with Crippen molar-refractivity contribution in [2.24, 2.45) is 0 Å². The van der Waals surface area contributed by atoms with Crippen molar-refractivity contribution in [2.45, 2.75) is 40.2 Å². The molecular weight excluding hydrogens is 346 g/mol. The van der Waals surface area contributed by atoms with Gasteiger partial charge in [-0.05, 0) is 26.0 Å². The van der Waals surface area contributed by atoms with Crippen molar-refractivity contribution >= 4 is 23.2 Å². The molecule has 2 amide bonds. The van der Waals surface area contributed by atoms with Gasteiger partial charge in [-0.25, -0.2) is 14.8 Å².